The molecule has 1 saturated heterocycles. The van der Waals surface area contributed by atoms with Crippen LogP contribution >= 0.6 is 11.3 Å². The molecule has 0 bridgehead atoms. The molecule has 1 aliphatic heterocycles. The average molecular weight is 442 g/mol. The summed E-state index contributed by atoms with van der Waals surface area (Å²) in [6.07, 6.45) is 0. The van der Waals surface area contributed by atoms with E-state index in [0.717, 1.165) is 10.4 Å². The van der Waals surface area contributed by atoms with Crippen LogP contribution < -0.4 is 5.32 Å². The smallest absolute Gasteiger partial charge is 0.255 e. The Bertz CT molecular complexity index is 1140. The Morgan fingerprint density at radius 3 is 2.47 bits per heavy atom. The number of hydrogen-bond acceptors (Lipinski definition) is 5. The lowest BCUT2D eigenvalue weighted by Crippen LogP contribution is -2.47. The number of likely N-dealkylation sites (N-methyl/N-ethyl adjacent to an activating group) is 1. The SMILES string of the molecule is CN1CCN(S(=O)(=O)c2cccc(C(=O)Nc3ccccc3-c3cccs3)c2)CC1. The number of piperazine rings is 1. The van der Waals surface area contributed by atoms with E-state index >= 15 is 0 Å². The highest BCUT2D eigenvalue weighted by Gasteiger charge is 2.28. The molecular formula is C22H23N3O3S2. The second-order valence-electron chi connectivity index (χ2n) is 7.21. The van der Waals surface area contributed by atoms with E-state index in [2.05, 4.69) is 10.2 Å². The van der Waals surface area contributed by atoms with Crippen LogP contribution in [0, 0.1) is 0 Å². The zero-order chi connectivity index (χ0) is 21.1. The normalized spacial score (nSPS) is 15.8. The fourth-order valence-corrected chi connectivity index (χ4v) is 5.64. The predicted molar refractivity (Wildman–Crippen MR) is 120 cm³/mol. The van der Waals surface area contributed by atoms with Gasteiger partial charge in [0.05, 0.1) is 4.90 Å². The number of sulfonamides is 1. The molecule has 1 aromatic heterocycles. The van der Waals surface area contributed by atoms with Gasteiger partial charge in [0.25, 0.3) is 5.91 Å². The van der Waals surface area contributed by atoms with Crippen LogP contribution in [0.4, 0.5) is 5.69 Å². The molecule has 0 saturated carbocycles. The third-order valence-corrected chi connectivity index (χ3v) is 7.96. The maximum atomic E-state index is 13.0. The summed E-state index contributed by atoms with van der Waals surface area (Å²) in [6, 6.07) is 17.8. The highest BCUT2D eigenvalue weighted by Crippen LogP contribution is 2.31. The minimum Gasteiger partial charge on any atom is -0.321 e. The largest absolute Gasteiger partial charge is 0.321 e. The third kappa shape index (κ3) is 4.32. The van der Waals surface area contributed by atoms with Crippen molar-refractivity contribution in [3.05, 3.63) is 71.6 Å². The number of nitrogens with one attached hydrogen (secondary N) is 1. The van der Waals surface area contributed by atoms with Crippen molar-refractivity contribution < 1.29 is 13.2 Å². The number of amides is 1. The molecule has 0 unspecified atom stereocenters. The van der Waals surface area contributed by atoms with Crippen LogP contribution in [-0.2, 0) is 10.0 Å². The van der Waals surface area contributed by atoms with Crippen LogP contribution in [0.3, 0.4) is 0 Å². The number of nitrogens with zero attached hydrogens (tertiary/aromatic N) is 2. The summed E-state index contributed by atoms with van der Waals surface area (Å²) in [5.41, 5.74) is 1.94. The Hall–Kier alpha value is -2.52. The molecule has 0 atom stereocenters. The number of carbonyl (C=O) groups is 1. The van der Waals surface area contributed by atoms with E-state index in [0.29, 0.717) is 37.4 Å². The molecular weight excluding hydrogens is 418 g/mol. The van der Waals surface area contributed by atoms with Gasteiger partial charge in [-0.25, -0.2) is 8.42 Å². The molecule has 4 rings (SSSR count). The summed E-state index contributed by atoms with van der Waals surface area (Å²) in [7, 11) is -1.65. The Morgan fingerprint density at radius 1 is 0.967 bits per heavy atom. The van der Waals surface area contributed by atoms with Crippen LogP contribution in [0.15, 0.2) is 70.9 Å². The lowest BCUT2D eigenvalue weighted by Gasteiger charge is -2.31. The monoisotopic (exact) mass is 441 g/mol. The van der Waals surface area contributed by atoms with Gasteiger partial charge in [-0.1, -0.05) is 30.3 Å². The Labute approximate surface area is 180 Å². The zero-order valence-corrected chi connectivity index (χ0v) is 18.2. The summed E-state index contributed by atoms with van der Waals surface area (Å²) < 4.78 is 27.5. The van der Waals surface area contributed by atoms with E-state index in [1.54, 1.807) is 29.5 Å². The molecule has 0 radical (unpaired) electrons. The lowest BCUT2D eigenvalue weighted by molar-refractivity contribution is 0.102. The predicted octanol–water partition coefficient (Wildman–Crippen LogP) is 3.60. The van der Waals surface area contributed by atoms with Gasteiger partial charge in [0.2, 0.25) is 10.0 Å². The molecule has 6 nitrogen and oxygen atoms in total. The maximum absolute atomic E-state index is 13.0. The molecule has 1 amide bonds. The van der Waals surface area contributed by atoms with E-state index < -0.39 is 10.0 Å². The van der Waals surface area contributed by atoms with E-state index in [1.165, 1.54) is 10.4 Å². The summed E-state index contributed by atoms with van der Waals surface area (Å²) >= 11 is 1.60. The van der Waals surface area contributed by atoms with Crippen molar-refractivity contribution in [2.24, 2.45) is 0 Å². The molecule has 3 aromatic rings. The first kappa shape index (κ1) is 20.7. The van der Waals surface area contributed by atoms with Crippen LogP contribution in [0.1, 0.15) is 10.4 Å². The van der Waals surface area contributed by atoms with Crippen molar-refractivity contribution in [3.8, 4) is 10.4 Å². The van der Waals surface area contributed by atoms with Gasteiger partial charge in [-0.05, 0) is 42.8 Å². The van der Waals surface area contributed by atoms with Crippen molar-refractivity contribution >= 4 is 33.0 Å². The molecule has 156 valence electrons. The van der Waals surface area contributed by atoms with E-state index in [4.69, 9.17) is 0 Å². The molecule has 0 aliphatic carbocycles. The number of benzene rings is 2. The van der Waals surface area contributed by atoms with Crippen molar-refractivity contribution in [1.82, 2.24) is 9.21 Å². The molecule has 1 N–H and O–H groups in total. The van der Waals surface area contributed by atoms with E-state index in [9.17, 15) is 13.2 Å². The van der Waals surface area contributed by atoms with Crippen molar-refractivity contribution in [1.29, 1.82) is 0 Å². The summed E-state index contributed by atoms with van der Waals surface area (Å²) in [4.78, 5) is 16.2. The number of thiophene rings is 1. The molecule has 1 aliphatic rings. The fourth-order valence-electron chi connectivity index (χ4n) is 3.41. The number of carbonyl (C=O) groups excluding carboxylic acids is 1. The molecule has 30 heavy (non-hydrogen) atoms. The van der Waals surface area contributed by atoms with Crippen molar-refractivity contribution in [3.63, 3.8) is 0 Å². The standard InChI is InChI=1S/C22H23N3O3S2/c1-24-11-13-25(14-12-24)30(27,28)18-7-4-6-17(16-18)22(26)23-20-9-3-2-8-19(20)21-10-5-15-29-21/h2-10,15-16H,11-14H2,1H3,(H,23,26). The number of rotatable bonds is 5. The third-order valence-electron chi connectivity index (χ3n) is 5.16. The number of hydrogen-bond donors (Lipinski definition) is 1. The minimum absolute atomic E-state index is 0.145. The van der Waals surface area contributed by atoms with Gasteiger partial charge in [0.1, 0.15) is 0 Å². The van der Waals surface area contributed by atoms with Gasteiger partial charge in [-0.2, -0.15) is 4.31 Å². The quantitative estimate of drug-likeness (QED) is 0.657. The fraction of sp³-hybridized carbons (Fsp3) is 0.227. The zero-order valence-electron chi connectivity index (χ0n) is 16.6. The van der Waals surface area contributed by atoms with Gasteiger partial charge in [0, 0.05) is 47.9 Å². The van der Waals surface area contributed by atoms with Crippen LogP contribution in [0.5, 0.6) is 0 Å². The van der Waals surface area contributed by atoms with Gasteiger partial charge in [-0.15, -0.1) is 11.3 Å². The second kappa shape index (κ2) is 8.69. The highest BCUT2D eigenvalue weighted by molar-refractivity contribution is 7.89. The molecule has 2 heterocycles. The summed E-state index contributed by atoms with van der Waals surface area (Å²) in [5, 5.41) is 4.92. The van der Waals surface area contributed by atoms with Gasteiger partial charge in [-0.3, -0.25) is 4.79 Å². The lowest BCUT2D eigenvalue weighted by atomic mass is 10.1. The highest BCUT2D eigenvalue weighted by atomic mass is 32.2. The van der Waals surface area contributed by atoms with Crippen LogP contribution in [-0.4, -0.2) is 56.8 Å². The molecule has 2 aromatic carbocycles. The first-order valence-electron chi connectivity index (χ1n) is 9.68. The van der Waals surface area contributed by atoms with Gasteiger partial charge >= 0.3 is 0 Å². The molecule has 0 spiro atoms. The maximum Gasteiger partial charge on any atom is 0.255 e. The van der Waals surface area contributed by atoms with Crippen LogP contribution in [0.25, 0.3) is 10.4 Å². The van der Waals surface area contributed by atoms with Gasteiger partial charge in [0.15, 0.2) is 0 Å². The summed E-state index contributed by atoms with van der Waals surface area (Å²) in [5.74, 6) is -0.338. The minimum atomic E-state index is -3.63. The average Bonchev–Trinajstić information content (AvgIpc) is 3.29. The Kier molecular flexibility index (Phi) is 6.01. The van der Waals surface area contributed by atoms with Crippen LogP contribution in [0.2, 0.25) is 0 Å². The number of para-hydroxylation sites is 1. The van der Waals surface area contributed by atoms with E-state index in [1.807, 2.05) is 48.8 Å². The summed E-state index contributed by atoms with van der Waals surface area (Å²) in [6.45, 7) is 2.28. The van der Waals surface area contributed by atoms with Crippen molar-refractivity contribution in [2.45, 2.75) is 4.90 Å². The van der Waals surface area contributed by atoms with E-state index in [-0.39, 0.29) is 10.8 Å². The molecule has 8 heteroatoms. The first-order valence-corrected chi connectivity index (χ1v) is 12.0. The Morgan fingerprint density at radius 2 is 1.73 bits per heavy atom. The first-order chi connectivity index (χ1) is 14.4. The number of anilines is 1. The Balaban J connectivity index is 1.57. The second-order valence-corrected chi connectivity index (χ2v) is 10.1. The molecule has 1 fully saturated rings. The van der Waals surface area contributed by atoms with Gasteiger partial charge < -0.3 is 10.2 Å². The topological polar surface area (TPSA) is 69.7 Å². The van der Waals surface area contributed by atoms with Crippen molar-refractivity contribution in [2.75, 3.05) is 38.5 Å².